The number of rotatable bonds is 2. The van der Waals surface area contributed by atoms with Crippen molar-refractivity contribution >= 4 is 5.97 Å². The minimum Gasteiger partial charge on any atom is -0.469 e. The zero-order valence-electron chi connectivity index (χ0n) is 7.68. The van der Waals surface area contributed by atoms with Crippen molar-refractivity contribution in [1.29, 1.82) is 5.26 Å². The van der Waals surface area contributed by atoms with Crippen LogP contribution in [0.3, 0.4) is 0 Å². The first-order chi connectivity index (χ1) is 5.47. The van der Waals surface area contributed by atoms with E-state index >= 15 is 0 Å². The highest BCUT2D eigenvalue weighted by Crippen LogP contribution is 2.65. The van der Waals surface area contributed by atoms with Crippen molar-refractivity contribution in [3.8, 4) is 6.07 Å². The predicted molar refractivity (Wildman–Crippen MR) is 43.1 cm³/mol. The van der Waals surface area contributed by atoms with Crippen molar-refractivity contribution in [2.75, 3.05) is 7.11 Å². The molecule has 0 bridgehead atoms. The SMILES string of the molecule is COC(=O)CC1(C)CC1(C)C#N. The van der Waals surface area contributed by atoms with Gasteiger partial charge in [0.25, 0.3) is 0 Å². The van der Waals surface area contributed by atoms with Crippen LogP contribution in [0.15, 0.2) is 0 Å². The van der Waals surface area contributed by atoms with E-state index in [1.54, 1.807) is 0 Å². The van der Waals surface area contributed by atoms with Gasteiger partial charge in [-0.05, 0) is 18.8 Å². The van der Waals surface area contributed by atoms with Gasteiger partial charge >= 0.3 is 5.97 Å². The maximum absolute atomic E-state index is 10.9. The van der Waals surface area contributed by atoms with Crippen molar-refractivity contribution in [3.05, 3.63) is 0 Å². The molecule has 0 amide bonds. The van der Waals surface area contributed by atoms with E-state index in [0.717, 1.165) is 6.42 Å². The average molecular weight is 167 g/mol. The van der Waals surface area contributed by atoms with E-state index in [-0.39, 0.29) is 16.8 Å². The number of carbonyl (C=O) groups is 1. The zero-order valence-corrected chi connectivity index (χ0v) is 7.68. The molecule has 0 aromatic rings. The number of esters is 1. The lowest BCUT2D eigenvalue weighted by molar-refractivity contribution is -0.142. The molecule has 1 fully saturated rings. The number of hydrogen-bond acceptors (Lipinski definition) is 3. The lowest BCUT2D eigenvalue weighted by atomic mass is 9.94. The number of nitrogens with zero attached hydrogens (tertiary/aromatic N) is 1. The molecule has 0 saturated heterocycles. The molecule has 1 aliphatic carbocycles. The van der Waals surface area contributed by atoms with Crippen LogP contribution >= 0.6 is 0 Å². The smallest absolute Gasteiger partial charge is 0.306 e. The molecule has 1 saturated carbocycles. The molecule has 0 aromatic heterocycles. The van der Waals surface area contributed by atoms with Gasteiger partial charge in [0.1, 0.15) is 0 Å². The van der Waals surface area contributed by atoms with Crippen LogP contribution in [0, 0.1) is 22.2 Å². The van der Waals surface area contributed by atoms with Crippen LogP contribution < -0.4 is 0 Å². The van der Waals surface area contributed by atoms with Crippen LogP contribution in [-0.4, -0.2) is 13.1 Å². The minimum absolute atomic E-state index is 0.158. The molecule has 3 nitrogen and oxygen atoms in total. The van der Waals surface area contributed by atoms with Crippen molar-refractivity contribution in [2.45, 2.75) is 26.7 Å². The van der Waals surface area contributed by atoms with Gasteiger partial charge in [-0.1, -0.05) is 6.92 Å². The molecule has 0 aliphatic heterocycles. The van der Waals surface area contributed by atoms with Crippen LogP contribution in [0.1, 0.15) is 26.7 Å². The van der Waals surface area contributed by atoms with Gasteiger partial charge in [0.2, 0.25) is 0 Å². The molecule has 0 aromatic carbocycles. The maximum Gasteiger partial charge on any atom is 0.306 e. The fraction of sp³-hybridized carbons (Fsp3) is 0.778. The fourth-order valence-electron chi connectivity index (χ4n) is 1.56. The predicted octanol–water partition coefficient (Wildman–Crippen LogP) is 1.49. The Kier molecular flexibility index (Phi) is 1.87. The lowest BCUT2D eigenvalue weighted by Gasteiger charge is -2.10. The van der Waals surface area contributed by atoms with Gasteiger partial charge < -0.3 is 4.74 Å². The van der Waals surface area contributed by atoms with E-state index in [1.165, 1.54) is 7.11 Å². The third kappa shape index (κ3) is 1.18. The Labute approximate surface area is 72.3 Å². The highest BCUT2D eigenvalue weighted by atomic mass is 16.5. The number of hydrogen-bond donors (Lipinski definition) is 0. The molecule has 0 radical (unpaired) electrons. The summed E-state index contributed by atoms with van der Waals surface area (Å²) in [7, 11) is 1.37. The van der Waals surface area contributed by atoms with Crippen molar-refractivity contribution in [1.82, 2.24) is 0 Å². The Morgan fingerprint density at radius 1 is 1.67 bits per heavy atom. The molecule has 1 rings (SSSR count). The van der Waals surface area contributed by atoms with Crippen LogP contribution in [-0.2, 0) is 9.53 Å². The first kappa shape index (κ1) is 9.05. The monoisotopic (exact) mass is 167 g/mol. The molecule has 3 heteroatoms. The largest absolute Gasteiger partial charge is 0.469 e. The van der Waals surface area contributed by atoms with Crippen molar-refractivity contribution in [3.63, 3.8) is 0 Å². The molecule has 2 atom stereocenters. The molecular formula is C9H13NO2. The quantitative estimate of drug-likeness (QED) is 0.585. The van der Waals surface area contributed by atoms with Gasteiger partial charge in [0.15, 0.2) is 0 Å². The van der Waals surface area contributed by atoms with E-state index in [2.05, 4.69) is 10.8 Å². The molecule has 66 valence electrons. The summed E-state index contributed by atoms with van der Waals surface area (Å²) in [5.74, 6) is -0.225. The number of carbonyl (C=O) groups excluding carboxylic acids is 1. The normalized spacial score (nSPS) is 38.5. The molecule has 1 aliphatic rings. The van der Waals surface area contributed by atoms with E-state index < -0.39 is 0 Å². The maximum atomic E-state index is 10.9. The molecular weight excluding hydrogens is 154 g/mol. The van der Waals surface area contributed by atoms with Gasteiger partial charge in [0, 0.05) is 0 Å². The van der Waals surface area contributed by atoms with Crippen molar-refractivity contribution in [2.24, 2.45) is 10.8 Å². The third-order valence-corrected chi connectivity index (χ3v) is 2.96. The lowest BCUT2D eigenvalue weighted by Crippen LogP contribution is -2.13. The highest BCUT2D eigenvalue weighted by molar-refractivity contribution is 5.71. The standard InChI is InChI=1S/C9H13NO2/c1-8(4-7(11)12-3)5-9(8,2)6-10/h4-5H2,1-3H3. The summed E-state index contributed by atoms with van der Waals surface area (Å²) in [5.41, 5.74) is -0.476. The fourth-order valence-corrected chi connectivity index (χ4v) is 1.56. The second-order valence-electron chi connectivity index (χ2n) is 3.93. The zero-order chi connectivity index (χ0) is 9.41. The van der Waals surface area contributed by atoms with Gasteiger partial charge in [-0.3, -0.25) is 4.79 Å². The Balaban J connectivity index is 2.58. The number of nitriles is 1. The van der Waals surface area contributed by atoms with E-state index in [0.29, 0.717) is 6.42 Å². The third-order valence-electron chi connectivity index (χ3n) is 2.96. The first-order valence-corrected chi connectivity index (χ1v) is 3.95. The molecule has 2 unspecified atom stereocenters. The van der Waals surface area contributed by atoms with Crippen molar-refractivity contribution < 1.29 is 9.53 Å². The molecule has 0 spiro atoms. The Morgan fingerprint density at radius 2 is 2.25 bits per heavy atom. The first-order valence-electron chi connectivity index (χ1n) is 3.95. The van der Waals surface area contributed by atoms with Crippen LogP contribution in [0.4, 0.5) is 0 Å². The summed E-state index contributed by atoms with van der Waals surface area (Å²) in [6.07, 6.45) is 1.15. The van der Waals surface area contributed by atoms with Gasteiger partial charge in [0.05, 0.1) is 25.0 Å². The number of ether oxygens (including phenoxy) is 1. The average Bonchev–Trinajstić information content (AvgIpc) is 2.55. The van der Waals surface area contributed by atoms with E-state index in [9.17, 15) is 4.79 Å². The summed E-state index contributed by atoms with van der Waals surface area (Å²) < 4.78 is 4.56. The van der Waals surface area contributed by atoms with Crippen LogP contribution in [0.5, 0.6) is 0 Å². The summed E-state index contributed by atoms with van der Waals surface area (Å²) in [5, 5.41) is 8.78. The van der Waals surface area contributed by atoms with Gasteiger partial charge in [-0.2, -0.15) is 5.26 Å². The van der Waals surface area contributed by atoms with Gasteiger partial charge in [-0.15, -0.1) is 0 Å². The highest BCUT2D eigenvalue weighted by Gasteiger charge is 2.62. The van der Waals surface area contributed by atoms with Crippen LogP contribution in [0.2, 0.25) is 0 Å². The Morgan fingerprint density at radius 3 is 2.58 bits per heavy atom. The topological polar surface area (TPSA) is 50.1 Å². The summed E-state index contributed by atoms with van der Waals surface area (Å²) in [6, 6.07) is 2.23. The molecule has 0 N–H and O–H groups in total. The second kappa shape index (κ2) is 2.48. The molecule has 0 heterocycles. The second-order valence-corrected chi connectivity index (χ2v) is 3.93. The number of methoxy groups -OCH3 is 1. The summed E-state index contributed by atoms with van der Waals surface area (Å²) in [4.78, 5) is 10.9. The Bertz CT molecular complexity index is 256. The van der Waals surface area contributed by atoms with Gasteiger partial charge in [-0.25, -0.2) is 0 Å². The summed E-state index contributed by atoms with van der Waals surface area (Å²) in [6.45, 7) is 3.84. The minimum atomic E-state index is -0.318. The van der Waals surface area contributed by atoms with E-state index in [4.69, 9.17) is 5.26 Å². The van der Waals surface area contributed by atoms with Crippen LogP contribution in [0.25, 0.3) is 0 Å². The molecule has 12 heavy (non-hydrogen) atoms. The van der Waals surface area contributed by atoms with E-state index in [1.807, 2.05) is 13.8 Å². The Hall–Kier alpha value is -1.04. The summed E-state index contributed by atoms with van der Waals surface area (Å²) >= 11 is 0.